The first-order chi connectivity index (χ1) is 11.4. The Kier molecular flexibility index (Phi) is 6.90. The Balaban J connectivity index is 2.38. The molecule has 2 N–H and O–H groups in total. The fourth-order valence-electron chi connectivity index (χ4n) is 2.76. The molecule has 0 aliphatic carbocycles. The highest BCUT2D eigenvalue weighted by Gasteiger charge is 2.22. The molecule has 0 aliphatic rings. The molecule has 0 heterocycles. The second kappa shape index (κ2) is 8.70. The van der Waals surface area contributed by atoms with Crippen LogP contribution >= 0.6 is 15.9 Å². The minimum atomic E-state index is -0.605. The lowest BCUT2D eigenvalue weighted by Gasteiger charge is -2.27. The summed E-state index contributed by atoms with van der Waals surface area (Å²) in [5.74, 6) is -0.818. The first-order valence-electron chi connectivity index (χ1n) is 7.98. The van der Waals surface area contributed by atoms with Gasteiger partial charge < -0.3 is 10.4 Å². The van der Waals surface area contributed by atoms with Crippen LogP contribution in [0.25, 0.3) is 0 Å². The Labute approximate surface area is 150 Å². The number of aliphatic hydroxyl groups is 1. The summed E-state index contributed by atoms with van der Waals surface area (Å²) in [6, 6.07) is 10.5. The summed E-state index contributed by atoms with van der Waals surface area (Å²) in [7, 11) is 0. The van der Waals surface area contributed by atoms with Crippen LogP contribution in [-0.4, -0.2) is 17.8 Å². The van der Waals surface area contributed by atoms with E-state index in [1.165, 1.54) is 12.1 Å². The molecule has 0 radical (unpaired) electrons. The lowest BCUT2D eigenvalue weighted by Crippen LogP contribution is -2.37. The van der Waals surface area contributed by atoms with Gasteiger partial charge in [0.15, 0.2) is 0 Å². The van der Waals surface area contributed by atoms with Crippen molar-refractivity contribution >= 4 is 15.9 Å². The van der Waals surface area contributed by atoms with Crippen LogP contribution in [0.2, 0.25) is 0 Å². The maximum atomic E-state index is 14.3. The van der Waals surface area contributed by atoms with Gasteiger partial charge in [-0.15, -0.1) is 0 Å². The molecule has 2 atom stereocenters. The zero-order valence-corrected chi connectivity index (χ0v) is 15.4. The van der Waals surface area contributed by atoms with Gasteiger partial charge in [-0.1, -0.05) is 48.0 Å². The van der Waals surface area contributed by atoms with Gasteiger partial charge in [-0.25, -0.2) is 8.78 Å². The third-order valence-electron chi connectivity index (χ3n) is 3.86. The molecule has 2 rings (SSSR count). The first kappa shape index (κ1) is 19.0. The van der Waals surface area contributed by atoms with E-state index in [0.717, 1.165) is 22.5 Å². The molecule has 5 heteroatoms. The smallest absolute Gasteiger partial charge is 0.131 e. The largest absolute Gasteiger partial charge is 0.395 e. The molecule has 0 amide bonds. The van der Waals surface area contributed by atoms with Gasteiger partial charge in [0.25, 0.3) is 0 Å². The summed E-state index contributed by atoms with van der Waals surface area (Å²) >= 11 is 3.39. The van der Waals surface area contributed by atoms with Crippen LogP contribution < -0.4 is 5.32 Å². The average Bonchev–Trinajstić information content (AvgIpc) is 2.52. The Hall–Kier alpha value is -1.30. The van der Waals surface area contributed by atoms with Crippen LogP contribution in [0.1, 0.15) is 37.4 Å². The number of nitrogens with one attached hydrogen (secondary N) is 1. The van der Waals surface area contributed by atoms with Crippen molar-refractivity contribution in [3.8, 4) is 0 Å². The summed E-state index contributed by atoms with van der Waals surface area (Å²) in [5, 5.41) is 13.0. The minimum Gasteiger partial charge on any atom is -0.395 e. The third-order valence-corrected chi connectivity index (χ3v) is 4.38. The number of halogens is 3. The standard InChI is InChI=1S/C19H22BrF2NO/c1-12(2)9-16(11-24)23-19(13-3-5-14(20)6-4-13)17-8-7-15(21)10-18(17)22/h3-8,10,12,16,19,23-24H,9,11H2,1-2H3/t16-,19-/m0/s1. The van der Waals surface area contributed by atoms with Crippen LogP contribution in [0.3, 0.4) is 0 Å². The molecule has 2 aromatic rings. The quantitative estimate of drug-likeness (QED) is 0.702. The lowest BCUT2D eigenvalue weighted by atomic mass is 9.95. The molecular formula is C19H22BrF2NO. The fraction of sp³-hybridized carbons (Fsp3) is 0.368. The minimum absolute atomic E-state index is 0.0476. The lowest BCUT2D eigenvalue weighted by molar-refractivity contribution is 0.217. The van der Waals surface area contributed by atoms with Gasteiger partial charge in [-0.3, -0.25) is 0 Å². The third kappa shape index (κ3) is 5.10. The van der Waals surface area contributed by atoms with Gasteiger partial charge in [0, 0.05) is 22.1 Å². The van der Waals surface area contributed by atoms with Crippen molar-refractivity contribution in [3.63, 3.8) is 0 Å². The molecule has 0 unspecified atom stereocenters. The highest BCUT2D eigenvalue weighted by molar-refractivity contribution is 9.10. The van der Waals surface area contributed by atoms with E-state index in [1.54, 1.807) is 0 Å². The summed E-state index contributed by atoms with van der Waals surface area (Å²) < 4.78 is 28.5. The molecule has 0 saturated heterocycles. The second-order valence-corrected chi connectivity index (χ2v) is 7.24. The van der Waals surface area contributed by atoms with E-state index in [9.17, 15) is 13.9 Å². The van der Waals surface area contributed by atoms with E-state index in [1.807, 2.05) is 24.3 Å². The Morgan fingerprint density at radius 2 is 1.75 bits per heavy atom. The van der Waals surface area contributed by atoms with Crippen molar-refractivity contribution in [2.45, 2.75) is 32.4 Å². The predicted octanol–water partition coefficient (Wildman–Crippen LogP) is 4.81. The Morgan fingerprint density at radius 3 is 2.29 bits per heavy atom. The Bertz CT molecular complexity index is 661. The van der Waals surface area contributed by atoms with Gasteiger partial charge >= 0.3 is 0 Å². The highest BCUT2D eigenvalue weighted by Crippen LogP contribution is 2.27. The summed E-state index contributed by atoms with van der Waals surface area (Å²) in [4.78, 5) is 0. The van der Waals surface area contributed by atoms with E-state index < -0.39 is 17.7 Å². The first-order valence-corrected chi connectivity index (χ1v) is 8.77. The zero-order valence-electron chi connectivity index (χ0n) is 13.8. The second-order valence-electron chi connectivity index (χ2n) is 6.33. The van der Waals surface area contributed by atoms with Crippen LogP contribution in [0.4, 0.5) is 8.78 Å². The van der Waals surface area contributed by atoms with Crippen molar-refractivity contribution in [2.75, 3.05) is 6.61 Å². The number of benzene rings is 2. The monoisotopic (exact) mass is 397 g/mol. The normalized spacial score (nSPS) is 14.0. The Morgan fingerprint density at radius 1 is 1.08 bits per heavy atom. The van der Waals surface area contributed by atoms with Gasteiger partial charge in [0.1, 0.15) is 11.6 Å². The van der Waals surface area contributed by atoms with Crippen LogP contribution in [0.15, 0.2) is 46.9 Å². The van der Waals surface area contributed by atoms with Crippen LogP contribution in [0, 0.1) is 17.6 Å². The van der Waals surface area contributed by atoms with Gasteiger partial charge in [0.05, 0.1) is 12.6 Å². The highest BCUT2D eigenvalue weighted by atomic mass is 79.9. The molecule has 0 aliphatic heterocycles. The van der Waals surface area contributed by atoms with Crippen LogP contribution in [0.5, 0.6) is 0 Å². The van der Waals surface area contributed by atoms with Crippen molar-refractivity contribution in [3.05, 3.63) is 69.7 Å². The molecule has 24 heavy (non-hydrogen) atoms. The fourth-order valence-corrected chi connectivity index (χ4v) is 3.02. The summed E-state index contributed by atoms with van der Waals surface area (Å²) in [6.45, 7) is 4.09. The zero-order chi connectivity index (χ0) is 17.7. The van der Waals surface area contributed by atoms with Gasteiger partial charge in [-0.2, -0.15) is 0 Å². The predicted molar refractivity (Wildman–Crippen MR) is 95.8 cm³/mol. The molecule has 2 aromatic carbocycles. The molecule has 0 aromatic heterocycles. The summed E-state index contributed by atoms with van der Waals surface area (Å²) in [5.41, 5.74) is 1.21. The molecule has 0 bridgehead atoms. The SMILES string of the molecule is CC(C)C[C@@H](CO)N[C@@H](c1ccc(Br)cc1)c1ccc(F)cc1F. The number of hydrogen-bond donors (Lipinski definition) is 2. The van der Waals surface area contributed by atoms with E-state index in [4.69, 9.17) is 0 Å². The molecule has 2 nitrogen and oxygen atoms in total. The maximum absolute atomic E-state index is 14.3. The molecule has 0 saturated carbocycles. The van der Waals surface area contributed by atoms with Gasteiger partial charge in [-0.05, 0) is 36.1 Å². The van der Waals surface area contributed by atoms with Crippen molar-refractivity contribution in [2.24, 2.45) is 5.92 Å². The summed E-state index contributed by atoms with van der Waals surface area (Å²) in [6.07, 6.45) is 0.756. The van der Waals surface area contributed by atoms with Crippen LogP contribution in [-0.2, 0) is 0 Å². The maximum Gasteiger partial charge on any atom is 0.131 e. The van der Waals surface area contributed by atoms with E-state index in [0.29, 0.717) is 11.5 Å². The van der Waals surface area contributed by atoms with Crippen molar-refractivity contribution < 1.29 is 13.9 Å². The van der Waals surface area contributed by atoms with E-state index in [2.05, 4.69) is 35.1 Å². The topological polar surface area (TPSA) is 32.3 Å². The van der Waals surface area contributed by atoms with Crippen molar-refractivity contribution in [1.82, 2.24) is 5.32 Å². The van der Waals surface area contributed by atoms with Crippen molar-refractivity contribution in [1.29, 1.82) is 0 Å². The molecule has 0 fully saturated rings. The number of hydrogen-bond acceptors (Lipinski definition) is 2. The number of aliphatic hydroxyl groups excluding tert-OH is 1. The molecule has 130 valence electrons. The van der Waals surface area contributed by atoms with E-state index >= 15 is 0 Å². The van der Waals surface area contributed by atoms with Gasteiger partial charge in [0.2, 0.25) is 0 Å². The van der Waals surface area contributed by atoms with E-state index in [-0.39, 0.29) is 12.6 Å². The molecule has 0 spiro atoms. The average molecular weight is 398 g/mol. The number of rotatable bonds is 7. The molecular weight excluding hydrogens is 376 g/mol.